The van der Waals surface area contributed by atoms with E-state index in [9.17, 15) is 5.11 Å². The topological polar surface area (TPSA) is 20.2 Å². The first kappa shape index (κ1) is 7.40. The van der Waals surface area contributed by atoms with Crippen LogP contribution < -0.4 is 0 Å². The zero-order valence-electron chi connectivity index (χ0n) is 5.54. The second-order valence-electron chi connectivity index (χ2n) is 2.04. The highest BCUT2D eigenvalue weighted by Gasteiger charge is 1.95. The lowest BCUT2D eigenvalue weighted by atomic mass is 10.2. The van der Waals surface area contributed by atoms with Crippen molar-refractivity contribution in [3.63, 3.8) is 0 Å². The standard InChI is InChI=1S/C8H7O.Al/c1-2-7-5-3-4-6-8(7)9;/h3-6,9H,1H2;. The van der Waals surface area contributed by atoms with Gasteiger partial charge in [0.25, 0.3) is 0 Å². The number of phenolic OH excluding ortho intramolecular Hbond substituents is 1. The number of rotatable bonds is 1. The highest BCUT2D eigenvalue weighted by Crippen LogP contribution is 2.20. The molecule has 1 aromatic rings. The van der Waals surface area contributed by atoms with Gasteiger partial charge in [0.05, 0.1) is 0 Å². The summed E-state index contributed by atoms with van der Waals surface area (Å²) < 4.78 is 0.804. The van der Waals surface area contributed by atoms with E-state index in [0.717, 1.165) is 10.00 Å². The van der Waals surface area contributed by atoms with E-state index in [1.807, 2.05) is 12.1 Å². The molecule has 0 atom stereocenters. The van der Waals surface area contributed by atoms with Gasteiger partial charge in [-0.15, -0.1) is 11.0 Å². The van der Waals surface area contributed by atoms with Gasteiger partial charge >= 0.3 is 0 Å². The Hall–Kier alpha value is -0.708. The van der Waals surface area contributed by atoms with Crippen molar-refractivity contribution in [2.45, 2.75) is 0 Å². The monoisotopic (exact) mass is 146 g/mol. The lowest BCUT2D eigenvalue weighted by Gasteiger charge is -2.01. The van der Waals surface area contributed by atoms with Gasteiger partial charge in [0.15, 0.2) is 16.3 Å². The van der Waals surface area contributed by atoms with E-state index < -0.39 is 0 Å². The third kappa shape index (κ3) is 1.41. The molecule has 0 heterocycles. The molecule has 0 aliphatic rings. The van der Waals surface area contributed by atoms with Crippen LogP contribution in [0.3, 0.4) is 0 Å². The third-order valence-corrected chi connectivity index (χ3v) is 1.56. The lowest BCUT2D eigenvalue weighted by Crippen LogP contribution is -1.80. The van der Waals surface area contributed by atoms with E-state index in [1.54, 1.807) is 12.1 Å². The van der Waals surface area contributed by atoms with E-state index in [-0.39, 0.29) is 5.75 Å². The third-order valence-electron chi connectivity index (χ3n) is 1.25. The molecule has 2 radical (unpaired) electrons. The van der Waals surface area contributed by atoms with Gasteiger partial charge in [-0.25, -0.2) is 0 Å². The number of phenols is 1. The Labute approximate surface area is 68.4 Å². The summed E-state index contributed by atoms with van der Waals surface area (Å²) in [5.74, 6) is 0.280. The SMILES string of the molecule is C=[C]([Al])c1ccccc1O. The summed E-state index contributed by atoms with van der Waals surface area (Å²) in [6.45, 7) is 3.69. The maximum Gasteiger partial charge on any atom is 0.175 e. The van der Waals surface area contributed by atoms with Gasteiger partial charge in [0.1, 0.15) is 5.75 Å². The molecule has 1 aromatic carbocycles. The molecule has 0 spiro atoms. The van der Waals surface area contributed by atoms with E-state index >= 15 is 0 Å². The number of aromatic hydroxyl groups is 1. The number of hydrogen-bond donors (Lipinski definition) is 1. The molecule has 1 N–H and O–H groups in total. The largest absolute Gasteiger partial charge is 0.507 e. The highest BCUT2D eigenvalue weighted by molar-refractivity contribution is 6.42. The van der Waals surface area contributed by atoms with Gasteiger partial charge in [-0.1, -0.05) is 18.2 Å². The van der Waals surface area contributed by atoms with Crippen LogP contribution in [0.4, 0.5) is 0 Å². The smallest absolute Gasteiger partial charge is 0.175 e. The molecule has 0 saturated heterocycles. The lowest BCUT2D eigenvalue weighted by molar-refractivity contribution is 0.474. The molecule has 0 aliphatic heterocycles. The molecule has 48 valence electrons. The van der Waals surface area contributed by atoms with Crippen molar-refractivity contribution in [1.29, 1.82) is 0 Å². The molecule has 0 bridgehead atoms. The van der Waals surface area contributed by atoms with E-state index in [4.69, 9.17) is 0 Å². The molecule has 2 heteroatoms. The van der Waals surface area contributed by atoms with Gasteiger partial charge in [0.2, 0.25) is 0 Å². The summed E-state index contributed by atoms with van der Waals surface area (Å²) in [6, 6.07) is 7.12. The predicted octanol–water partition coefficient (Wildman–Crippen LogP) is 1.53. The molecule has 10 heavy (non-hydrogen) atoms. The van der Waals surface area contributed by atoms with Crippen molar-refractivity contribution in [3.8, 4) is 5.75 Å². The molecule has 0 amide bonds. The number of benzene rings is 1. The molecule has 0 saturated carbocycles. The van der Waals surface area contributed by atoms with Crippen LogP contribution in [-0.4, -0.2) is 21.4 Å². The summed E-state index contributed by atoms with van der Waals surface area (Å²) in [4.78, 5) is 0. The minimum Gasteiger partial charge on any atom is -0.507 e. The minimum atomic E-state index is 0.280. The van der Waals surface area contributed by atoms with Crippen LogP contribution in [0.2, 0.25) is 0 Å². The first-order valence-corrected chi connectivity index (χ1v) is 3.52. The van der Waals surface area contributed by atoms with Crippen LogP contribution in [0.25, 0.3) is 4.44 Å². The van der Waals surface area contributed by atoms with Gasteiger partial charge in [-0.3, -0.25) is 0 Å². The Kier molecular flexibility index (Phi) is 2.16. The quantitative estimate of drug-likeness (QED) is 0.595. The van der Waals surface area contributed by atoms with Crippen LogP contribution in [0.15, 0.2) is 30.8 Å². The first-order chi connectivity index (χ1) is 4.72. The van der Waals surface area contributed by atoms with Crippen LogP contribution in [0, 0.1) is 0 Å². The van der Waals surface area contributed by atoms with Crippen molar-refractivity contribution in [1.82, 2.24) is 0 Å². The molecule has 1 rings (SSSR count). The zero-order valence-corrected chi connectivity index (χ0v) is 6.70. The molecule has 0 aromatic heterocycles. The van der Waals surface area contributed by atoms with Crippen molar-refractivity contribution < 1.29 is 5.11 Å². The molecule has 0 unspecified atom stereocenters. The summed E-state index contributed by atoms with van der Waals surface area (Å²) in [6.07, 6.45) is 0. The fraction of sp³-hybridized carbons (Fsp3) is 0. The van der Waals surface area contributed by atoms with Crippen LogP contribution in [-0.2, 0) is 0 Å². The summed E-state index contributed by atoms with van der Waals surface area (Å²) in [7, 11) is 0. The number of para-hydroxylation sites is 1. The van der Waals surface area contributed by atoms with Crippen LogP contribution >= 0.6 is 0 Å². The van der Waals surface area contributed by atoms with Gasteiger partial charge < -0.3 is 5.11 Å². The zero-order chi connectivity index (χ0) is 7.56. The van der Waals surface area contributed by atoms with Crippen LogP contribution in [0.1, 0.15) is 5.56 Å². The summed E-state index contributed by atoms with van der Waals surface area (Å²) in [5.41, 5.74) is 0.785. The van der Waals surface area contributed by atoms with Gasteiger partial charge in [-0.05, 0) is 6.07 Å². The fourth-order valence-electron chi connectivity index (χ4n) is 0.745. The maximum atomic E-state index is 9.21. The Morgan fingerprint density at radius 1 is 1.40 bits per heavy atom. The average Bonchev–Trinajstić information content (AvgIpc) is 1.88. The van der Waals surface area contributed by atoms with Crippen molar-refractivity contribution in [3.05, 3.63) is 36.4 Å². The molecule has 0 aliphatic carbocycles. The molecular weight excluding hydrogens is 139 g/mol. The van der Waals surface area contributed by atoms with Crippen molar-refractivity contribution >= 4 is 20.7 Å². The summed E-state index contributed by atoms with van der Waals surface area (Å²) in [5, 5.41) is 9.21. The van der Waals surface area contributed by atoms with E-state index in [1.165, 1.54) is 0 Å². The Bertz CT molecular complexity index is 255. The van der Waals surface area contributed by atoms with Crippen molar-refractivity contribution in [2.75, 3.05) is 0 Å². The average molecular weight is 146 g/mol. The number of hydrogen-bond acceptors (Lipinski definition) is 1. The predicted molar refractivity (Wildman–Crippen MR) is 42.9 cm³/mol. The molecular formula is C8H7AlO. The second-order valence-corrected chi connectivity index (χ2v) is 2.74. The van der Waals surface area contributed by atoms with Crippen molar-refractivity contribution in [2.24, 2.45) is 0 Å². The normalized spacial score (nSPS) is 9.20. The Morgan fingerprint density at radius 2 is 2.00 bits per heavy atom. The Balaban J connectivity index is 3.15. The van der Waals surface area contributed by atoms with E-state index in [2.05, 4.69) is 22.9 Å². The molecule has 0 fully saturated rings. The minimum absolute atomic E-state index is 0.280. The van der Waals surface area contributed by atoms with E-state index in [0.29, 0.717) is 0 Å². The highest BCUT2D eigenvalue weighted by atomic mass is 27.0. The fourth-order valence-corrected chi connectivity index (χ4v) is 0.989. The second kappa shape index (κ2) is 2.92. The van der Waals surface area contributed by atoms with Gasteiger partial charge in [0, 0.05) is 5.56 Å². The van der Waals surface area contributed by atoms with Gasteiger partial charge in [-0.2, -0.15) is 0 Å². The van der Waals surface area contributed by atoms with Crippen LogP contribution in [0.5, 0.6) is 5.75 Å². The maximum absolute atomic E-state index is 9.21. The summed E-state index contributed by atoms with van der Waals surface area (Å²) >= 11 is 2.45. The Morgan fingerprint density at radius 3 is 2.40 bits per heavy atom. The first-order valence-electron chi connectivity index (χ1n) is 2.94. The molecule has 1 nitrogen and oxygen atoms in total.